The Labute approximate surface area is 293 Å². The first-order chi connectivity index (χ1) is 24.7. The molecule has 0 saturated carbocycles. The summed E-state index contributed by atoms with van der Waals surface area (Å²) in [6, 6.07) is 70.0. The van der Waals surface area contributed by atoms with Gasteiger partial charge < -0.3 is 4.90 Å². The van der Waals surface area contributed by atoms with Crippen molar-refractivity contribution in [1.29, 1.82) is 0 Å². The molecule has 0 N–H and O–H groups in total. The van der Waals surface area contributed by atoms with Gasteiger partial charge in [0, 0.05) is 16.9 Å². The Hall–Kier alpha value is -6.51. The maximum absolute atomic E-state index is 16.9. The van der Waals surface area contributed by atoms with Gasteiger partial charge in [-0.25, -0.2) is 4.39 Å². The van der Waals surface area contributed by atoms with Crippen LogP contribution in [0.25, 0.3) is 55.6 Å². The third-order valence-electron chi connectivity index (χ3n) is 9.16. The third kappa shape index (κ3) is 6.35. The largest absolute Gasteiger partial charge is 0.307 e. The lowest BCUT2D eigenvalue weighted by Gasteiger charge is -2.29. The molecule has 50 heavy (non-hydrogen) atoms. The van der Waals surface area contributed by atoms with E-state index >= 15 is 4.39 Å². The zero-order valence-electron chi connectivity index (χ0n) is 27.5. The van der Waals surface area contributed by atoms with Crippen LogP contribution in [-0.4, -0.2) is 0 Å². The van der Waals surface area contributed by atoms with Crippen molar-refractivity contribution in [3.63, 3.8) is 0 Å². The van der Waals surface area contributed by atoms with Gasteiger partial charge in [0.05, 0.1) is 5.69 Å². The highest BCUT2D eigenvalue weighted by Crippen LogP contribution is 2.45. The summed E-state index contributed by atoms with van der Waals surface area (Å²) in [7, 11) is 0. The maximum Gasteiger partial charge on any atom is 0.148 e. The normalized spacial score (nSPS) is 10.9. The van der Waals surface area contributed by atoms with Gasteiger partial charge >= 0.3 is 0 Å². The van der Waals surface area contributed by atoms with Crippen molar-refractivity contribution < 1.29 is 4.39 Å². The lowest BCUT2D eigenvalue weighted by molar-refractivity contribution is 0.630. The zero-order valence-corrected chi connectivity index (χ0v) is 27.5. The maximum atomic E-state index is 16.9. The first-order valence-corrected chi connectivity index (χ1v) is 16.9. The van der Waals surface area contributed by atoms with Crippen molar-refractivity contribution in [1.82, 2.24) is 0 Å². The molecular formula is C48H34FN. The summed E-state index contributed by atoms with van der Waals surface area (Å²) < 4.78 is 16.9. The Morgan fingerprint density at radius 3 is 0.960 bits per heavy atom. The molecule has 0 aliphatic carbocycles. The van der Waals surface area contributed by atoms with E-state index in [1.807, 2.05) is 89.8 Å². The second-order valence-corrected chi connectivity index (χ2v) is 12.3. The molecule has 0 aliphatic heterocycles. The molecule has 0 saturated heterocycles. The van der Waals surface area contributed by atoms with Crippen molar-refractivity contribution in [3.8, 4) is 55.6 Å². The van der Waals surface area contributed by atoms with Crippen molar-refractivity contribution in [2.24, 2.45) is 0 Å². The molecule has 0 bridgehead atoms. The first kappa shape index (κ1) is 30.8. The van der Waals surface area contributed by atoms with Crippen LogP contribution in [0.4, 0.5) is 21.5 Å². The number of hydrogen-bond donors (Lipinski definition) is 0. The van der Waals surface area contributed by atoms with E-state index in [1.165, 1.54) is 11.1 Å². The standard InChI is InChI=1S/C48H34FN/c49-47-34-43(37-17-9-3-10-18-37)33-46(42-19-11-4-12-20-42)48(47)50(44-29-25-40(26-30-44)36-15-7-2-8-16-36)45-31-27-41(28-32-45)39-23-21-38(22-24-39)35-13-5-1-6-14-35/h1-34H. The number of nitrogens with zero attached hydrogens (tertiary/aromatic N) is 1. The number of anilines is 3. The van der Waals surface area contributed by atoms with Crippen LogP contribution in [0, 0.1) is 5.82 Å². The molecule has 0 fully saturated rings. The van der Waals surface area contributed by atoms with Gasteiger partial charge in [-0.2, -0.15) is 0 Å². The van der Waals surface area contributed by atoms with Gasteiger partial charge in [0.1, 0.15) is 5.82 Å². The van der Waals surface area contributed by atoms with Gasteiger partial charge in [-0.3, -0.25) is 0 Å². The lowest BCUT2D eigenvalue weighted by atomic mass is 9.95. The highest BCUT2D eigenvalue weighted by atomic mass is 19.1. The zero-order chi connectivity index (χ0) is 33.7. The molecule has 8 rings (SSSR count). The molecule has 2 heteroatoms. The van der Waals surface area contributed by atoms with Crippen LogP contribution >= 0.6 is 0 Å². The molecule has 8 aromatic carbocycles. The first-order valence-electron chi connectivity index (χ1n) is 16.9. The van der Waals surface area contributed by atoms with E-state index in [-0.39, 0.29) is 5.82 Å². The van der Waals surface area contributed by atoms with Crippen LogP contribution < -0.4 is 4.90 Å². The van der Waals surface area contributed by atoms with E-state index in [0.717, 1.165) is 55.9 Å². The Kier molecular flexibility index (Phi) is 8.57. The number of hydrogen-bond acceptors (Lipinski definition) is 1. The molecule has 0 aromatic heterocycles. The Morgan fingerprint density at radius 1 is 0.280 bits per heavy atom. The summed E-state index contributed by atoms with van der Waals surface area (Å²) in [5.74, 6) is -0.294. The molecule has 0 spiro atoms. The topological polar surface area (TPSA) is 3.24 Å². The van der Waals surface area contributed by atoms with Gasteiger partial charge in [0.15, 0.2) is 0 Å². The number of halogens is 1. The van der Waals surface area contributed by atoms with Crippen LogP contribution in [0.2, 0.25) is 0 Å². The van der Waals surface area contributed by atoms with Crippen LogP contribution in [0.5, 0.6) is 0 Å². The molecule has 0 aliphatic rings. The van der Waals surface area contributed by atoms with Crippen molar-refractivity contribution in [2.45, 2.75) is 0 Å². The molecular weight excluding hydrogens is 610 g/mol. The summed E-state index contributed by atoms with van der Waals surface area (Å²) in [5.41, 5.74) is 12.6. The fourth-order valence-electron chi connectivity index (χ4n) is 6.59. The fourth-order valence-corrected chi connectivity index (χ4v) is 6.59. The van der Waals surface area contributed by atoms with Crippen LogP contribution in [0.3, 0.4) is 0 Å². The Balaban J connectivity index is 1.25. The van der Waals surface area contributed by atoms with Gasteiger partial charge in [-0.05, 0) is 86.5 Å². The highest BCUT2D eigenvalue weighted by molar-refractivity contribution is 5.91. The Morgan fingerprint density at radius 2 is 0.580 bits per heavy atom. The summed E-state index contributed by atoms with van der Waals surface area (Å²) in [6.07, 6.45) is 0. The third-order valence-corrected chi connectivity index (χ3v) is 9.16. The molecule has 0 radical (unpaired) electrons. The molecule has 0 atom stereocenters. The summed E-state index contributed by atoms with van der Waals surface area (Å²) in [4.78, 5) is 2.05. The van der Waals surface area contributed by atoms with E-state index in [4.69, 9.17) is 0 Å². The van der Waals surface area contributed by atoms with Crippen LogP contribution in [0.1, 0.15) is 0 Å². The van der Waals surface area contributed by atoms with E-state index < -0.39 is 0 Å². The second kappa shape index (κ2) is 13.9. The van der Waals surface area contributed by atoms with Crippen molar-refractivity contribution in [2.75, 3.05) is 4.90 Å². The van der Waals surface area contributed by atoms with Crippen LogP contribution in [-0.2, 0) is 0 Å². The minimum absolute atomic E-state index is 0.294. The monoisotopic (exact) mass is 643 g/mol. The molecule has 238 valence electrons. The van der Waals surface area contributed by atoms with Gasteiger partial charge in [-0.15, -0.1) is 0 Å². The smallest absolute Gasteiger partial charge is 0.148 e. The van der Waals surface area contributed by atoms with Crippen molar-refractivity contribution >= 4 is 17.1 Å². The van der Waals surface area contributed by atoms with Crippen LogP contribution in [0.15, 0.2) is 206 Å². The lowest BCUT2D eigenvalue weighted by Crippen LogP contribution is -2.13. The SMILES string of the molecule is Fc1cc(-c2ccccc2)cc(-c2ccccc2)c1N(c1ccc(-c2ccccc2)cc1)c1ccc(-c2ccc(-c3ccccc3)cc2)cc1. The minimum atomic E-state index is -0.294. The molecule has 1 nitrogen and oxygen atoms in total. The predicted octanol–water partition coefficient (Wildman–Crippen LogP) is 13.6. The molecule has 0 amide bonds. The minimum Gasteiger partial charge on any atom is -0.307 e. The number of benzene rings is 8. The molecule has 0 unspecified atom stereocenters. The van der Waals surface area contributed by atoms with E-state index in [2.05, 4.69) is 115 Å². The van der Waals surface area contributed by atoms with Crippen molar-refractivity contribution in [3.05, 3.63) is 212 Å². The average molecular weight is 644 g/mol. The number of rotatable bonds is 8. The van der Waals surface area contributed by atoms with Gasteiger partial charge in [0.25, 0.3) is 0 Å². The quantitative estimate of drug-likeness (QED) is 0.159. The molecule has 0 heterocycles. The average Bonchev–Trinajstić information content (AvgIpc) is 3.20. The summed E-state index contributed by atoms with van der Waals surface area (Å²) >= 11 is 0. The van der Waals surface area contributed by atoms with Gasteiger partial charge in [0.2, 0.25) is 0 Å². The predicted molar refractivity (Wildman–Crippen MR) is 208 cm³/mol. The van der Waals surface area contributed by atoms with E-state index in [0.29, 0.717) is 5.69 Å². The highest BCUT2D eigenvalue weighted by Gasteiger charge is 2.23. The summed E-state index contributed by atoms with van der Waals surface area (Å²) in [5, 5.41) is 0. The Bertz CT molecular complexity index is 2320. The molecule has 8 aromatic rings. The fraction of sp³-hybridized carbons (Fsp3) is 0. The van der Waals surface area contributed by atoms with E-state index in [1.54, 1.807) is 6.07 Å². The van der Waals surface area contributed by atoms with E-state index in [9.17, 15) is 0 Å². The van der Waals surface area contributed by atoms with Gasteiger partial charge in [-0.1, -0.05) is 170 Å². The second-order valence-electron chi connectivity index (χ2n) is 12.3. The summed E-state index contributed by atoms with van der Waals surface area (Å²) in [6.45, 7) is 0.